The zero-order valence-electron chi connectivity index (χ0n) is 15.5. The summed E-state index contributed by atoms with van der Waals surface area (Å²) in [5, 5.41) is 5.38. The molecule has 0 aliphatic carbocycles. The average Bonchev–Trinajstić information content (AvgIpc) is 2.74. The van der Waals surface area contributed by atoms with E-state index >= 15 is 0 Å². The van der Waals surface area contributed by atoms with Crippen molar-refractivity contribution >= 4 is 22.4 Å². The van der Waals surface area contributed by atoms with Crippen LogP contribution in [0.4, 0.5) is 5.69 Å². The monoisotopic (exact) mass is 367 g/mol. The van der Waals surface area contributed by atoms with E-state index in [0.29, 0.717) is 24.3 Å². The number of nitrogens with one attached hydrogen (secondary N) is 1. The molecular weight excluding hydrogens is 346 g/mol. The first-order valence-electron chi connectivity index (χ1n) is 9.38. The van der Waals surface area contributed by atoms with Gasteiger partial charge in [0.1, 0.15) is 5.75 Å². The van der Waals surface area contributed by atoms with Crippen LogP contribution in [0.5, 0.6) is 11.5 Å². The van der Waals surface area contributed by atoms with E-state index in [1.54, 1.807) is 0 Å². The third-order valence-corrected chi connectivity index (χ3v) is 4.63. The minimum absolute atomic E-state index is 0.0305. The lowest BCUT2D eigenvalue weighted by molar-refractivity contribution is -0.116. The molecule has 0 heterocycles. The molecule has 0 saturated heterocycles. The Hall–Kier alpha value is -3.59. The Balaban J connectivity index is 1.44. The summed E-state index contributed by atoms with van der Waals surface area (Å²) >= 11 is 0. The van der Waals surface area contributed by atoms with Crippen molar-refractivity contribution in [1.82, 2.24) is 0 Å². The minimum atomic E-state index is -0.0305. The van der Waals surface area contributed by atoms with Gasteiger partial charge in [-0.1, -0.05) is 72.8 Å². The van der Waals surface area contributed by atoms with Crippen LogP contribution in [0, 0.1) is 0 Å². The molecule has 138 valence electrons. The second-order valence-corrected chi connectivity index (χ2v) is 6.60. The molecule has 4 rings (SSSR count). The Morgan fingerprint density at radius 3 is 2.36 bits per heavy atom. The number of para-hydroxylation sites is 3. The quantitative estimate of drug-likeness (QED) is 0.440. The van der Waals surface area contributed by atoms with Gasteiger partial charge >= 0.3 is 0 Å². The molecular formula is C25H21NO2. The summed E-state index contributed by atoms with van der Waals surface area (Å²) in [5.74, 6) is 1.34. The van der Waals surface area contributed by atoms with Crippen molar-refractivity contribution in [2.45, 2.75) is 12.8 Å². The minimum Gasteiger partial charge on any atom is -0.455 e. The highest BCUT2D eigenvalue weighted by molar-refractivity contribution is 5.93. The molecule has 3 nitrogen and oxygen atoms in total. The molecule has 4 aromatic rings. The van der Waals surface area contributed by atoms with E-state index in [9.17, 15) is 4.79 Å². The normalized spacial score (nSPS) is 10.6. The average molecular weight is 367 g/mol. The number of carbonyl (C=O) groups is 1. The highest BCUT2D eigenvalue weighted by Gasteiger charge is 2.10. The molecule has 3 heteroatoms. The number of hydrogen-bond donors (Lipinski definition) is 1. The van der Waals surface area contributed by atoms with Crippen molar-refractivity contribution in [1.29, 1.82) is 0 Å². The number of ether oxygens (including phenoxy) is 1. The summed E-state index contributed by atoms with van der Waals surface area (Å²) in [6, 6.07) is 31.5. The summed E-state index contributed by atoms with van der Waals surface area (Å²) in [5.41, 5.74) is 1.86. The van der Waals surface area contributed by atoms with Crippen LogP contribution in [0.15, 0.2) is 97.1 Å². The number of fused-ring (bicyclic) bond motifs is 1. The molecule has 0 aliphatic rings. The smallest absolute Gasteiger partial charge is 0.224 e. The third kappa shape index (κ3) is 4.21. The maximum Gasteiger partial charge on any atom is 0.224 e. The molecule has 0 spiro atoms. The molecule has 0 unspecified atom stereocenters. The van der Waals surface area contributed by atoms with E-state index in [4.69, 9.17) is 4.74 Å². The number of carbonyl (C=O) groups excluding carboxylic acids is 1. The topological polar surface area (TPSA) is 38.3 Å². The molecule has 0 saturated carbocycles. The van der Waals surface area contributed by atoms with E-state index in [-0.39, 0.29) is 5.91 Å². The van der Waals surface area contributed by atoms with Gasteiger partial charge in [-0.2, -0.15) is 0 Å². The molecule has 0 aliphatic heterocycles. The van der Waals surface area contributed by atoms with E-state index in [0.717, 1.165) is 5.75 Å². The zero-order chi connectivity index (χ0) is 19.2. The van der Waals surface area contributed by atoms with Crippen molar-refractivity contribution < 1.29 is 9.53 Å². The van der Waals surface area contributed by atoms with Gasteiger partial charge in [-0.15, -0.1) is 0 Å². The fourth-order valence-electron chi connectivity index (χ4n) is 3.25. The number of aryl methyl sites for hydroxylation is 1. The largest absolute Gasteiger partial charge is 0.455 e. The van der Waals surface area contributed by atoms with Crippen molar-refractivity contribution in [2.24, 2.45) is 0 Å². The summed E-state index contributed by atoms with van der Waals surface area (Å²) in [4.78, 5) is 12.6. The Morgan fingerprint density at radius 2 is 1.46 bits per heavy atom. The summed E-state index contributed by atoms with van der Waals surface area (Å²) in [6.07, 6.45) is 1.10. The van der Waals surface area contributed by atoms with Gasteiger partial charge in [-0.05, 0) is 47.0 Å². The van der Waals surface area contributed by atoms with Gasteiger partial charge in [-0.3, -0.25) is 4.79 Å². The molecule has 0 aromatic heterocycles. The third-order valence-electron chi connectivity index (χ3n) is 4.63. The second kappa shape index (κ2) is 8.40. The van der Waals surface area contributed by atoms with E-state index in [1.807, 2.05) is 72.8 Å². The molecule has 0 fully saturated rings. The lowest BCUT2D eigenvalue weighted by Gasteiger charge is -2.12. The van der Waals surface area contributed by atoms with Gasteiger partial charge in [0.25, 0.3) is 0 Å². The van der Waals surface area contributed by atoms with Gasteiger partial charge in [0.05, 0.1) is 5.69 Å². The van der Waals surface area contributed by atoms with E-state index in [1.165, 1.54) is 16.3 Å². The molecule has 1 amide bonds. The second-order valence-electron chi connectivity index (χ2n) is 6.60. The molecule has 0 atom stereocenters. The maximum absolute atomic E-state index is 12.6. The Bertz CT molecular complexity index is 1080. The first kappa shape index (κ1) is 17.8. The van der Waals surface area contributed by atoms with Gasteiger partial charge < -0.3 is 10.1 Å². The molecule has 0 radical (unpaired) electrons. The fourth-order valence-corrected chi connectivity index (χ4v) is 3.25. The SMILES string of the molecule is O=C(CCc1cccc2ccccc12)Nc1ccccc1Oc1ccccc1. The Kier molecular flexibility index (Phi) is 5.34. The number of rotatable bonds is 6. The van der Waals surface area contributed by atoms with Crippen LogP contribution in [0.1, 0.15) is 12.0 Å². The molecule has 4 aromatic carbocycles. The highest BCUT2D eigenvalue weighted by atomic mass is 16.5. The van der Waals surface area contributed by atoms with Crippen LogP contribution in [-0.2, 0) is 11.2 Å². The van der Waals surface area contributed by atoms with Gasteiger partial charge in [0.15, 0.2) is 5.75 Å². The van der Waals surface area contributed by atoms with Crippen molar-refractivity contribution in [2.75, 3.05) is 5.32 Å². The number of anilines is 1. The Labute approximate surface area is 164 Å². The van der Waals surface area contributed by atoms with Crippen LogP contribution in [0.25, 0.3) is 10.8 Å². The first-order valence-corrected chi connectivity index (χ1v) is 9.38. The number of benzene rings is 4. The van der Waals surface area contributed by atoms with Gasteiger partial charge in [-0.25, -0.2) is 0 Å². The number of amides is 1. The number of hydrogen-bond acceptors (Lipinski definition) is 2. The molecule has 0 bridgehead atoms. The highest BCUT2D eigenvalue weighted by Crippen LogP contribution is 2.29. The van der Waals surface area contributed by atoms with Crippen LogP contribution in [0.3, 0.4) is 0 Å². The maximum atomic E-state index is 12.6. The van der Waals surface area contributed by atoms with Crippen LogP contribution < -0.4 is 10.1 Å². The Morgan fingerprint density at radius 1 is 0.750 bits per heavy atom. The zero-order valence-corrected chi connectivity index (χ0v) is 15.5. The molecule has 1 N–H and O–H groups in total. The first-order chi connectivity index (χ1) is 13.8. The fraction of sp³-hybridized carbons (Fsp3) is 0.0800. The van der Waals surface area contributed by atoms with Gasteiger partial charge in [0, 0.05) is 6.42 Å². The summed E-state index contributed by atoms with van der Waals surface area (Å²) in [6.45, 7) is 0. The van der Waals surface area contributed by atoms with E-state index < -0.39 is 0 Å². The molecule has 28 heavy (non-hydrogen) atoms. The van der Waals surface area contributed by atoms with Crippen LogP contribution in [-0.4, -0.2) is 5.91 Å². The van der Waals surface area contributed by atoms with E-state index in [2.05, 4.69) is 29.6 Å². The standard InChI is InChI=1S/C25H21NO2/c27-25(18-17-20-11-8-10-19-9-4-5-14-22(19)20)26-23-15-6-7-16-24(23)28-21-12-2-1-3-13-21/h1-16H,17-18H2,(H,26,27). The summed E-state index contributed by atoms with van der Waals surface area (Å²) in [7, 11) is 0. The van der Waals surface area contributed by atoms with Crippen molar-refractivity contribution in [3.8, 4) is 11.5 Å². The lowest BCUT2D eigenvalue weighted by atomic mass is 10.0. The predicted molar refractivity (Wildman–Crippen MR) is 114 cm³/mol. The van der Waals surface area contributed by atoms with Gasteiger partial charge in [0.2, 0.25) is 5.91 Å². The van der Waals surface area contributed by atoms with Crippen molar-refractivity contribution in [3.05, 3.63) is 103 Å². The summed E-state index contributed by atoms with van der Waals surface area (Å²) < 4.78 is 5.92. The lowest BCUT2D eigenvalue weighted by Crippen LogP contribution is -2.13. The van der Waals surface area contributed by atoms with Crippen molar-refractivity contribution in [3.63, 3.8) is 0 Å². The predicted octanol–water partition coefficient (Wildman–Crippen LogP) is 6.20. The van der Waals surface area contributed by atoms with Crippen LogP contribution >= 0.6 is 0 Å². The van der Waals surface area contributed by atoms with Crippen LogP contribution in [0.2, 0.25) is 0 Å².